The Balaban J connectivity index is 2.97. The fraction of sp³-hybridized carbons (Fsp3) is 0.600. The Bertz CT molecular complexity index is 114. The first-order chi connectivity index (χ1) is 3.77. The average molecular weight is 113 g/mol. The van der Waals surface area contributed by atoms with Crippen molar-refractivity contribution in [3.05, 3.63) is 11.4 Å². The Kier molecular flexibility index (Phi) is 3.59. The summed E-state index contributed by atoms with van der Waals surface area (Å²) in [7, 11) is 0. The molecule has 0 atom stereocenters. The molecule has 0 rings (SSSR count). The first-order valence-electron chi connectivity index (χ1n) is 2.24. The van der Waals surface area contributed by atoms with Gasteiger partial charge in [0.05, 0.1) is 0 Å². The van der Waals surface area contributed by atoms with Crippen LogP contribution in [-0.2, 0) is 9.53 Å². The summed E-state index contributed by atoms with van der Waals surface area (Å²) >= 11 is 0. The first kappa shape index (κ1) is 6.96. The number of ether oxygens (including phenoxy) is 1. The molecular weight excluding hydrogens is 106 g/mol. The topological polar surface area (TPSA) is 30.7 Å². The van der Waals surface area contributed by atoms with Crippen molar-refractivity contribution in [1.29, 1.82) is 0 Å². The van der Waals surface area contributed by atoms with E-state index in [1.165, 1.54) is 6.92 Å². The van der Waals surface area contributed by atoms with E-state index in [9.17, 15) is 4.79 Å². The first-order valence-corrected chi connectivity index (χ1v) is 2.24. The average Bonchev–Trinajstić information content (AvgIpc) is 1.66. The van der Waals surface area contributed by atoms with Gasteiger partial charge in [0.25, 0.3) is 0 Å². The molecule has 0 N–H and O–H groups in total. The molecule has 0 aromatic heterocycles. The van der Waals surface area contributed by atoms with Crippen LogP contribution in [0.4, 0.5) is 0 Å². The van der Waals surface area contributed by atoms with Crippen LogP contribution in [-0.4, -0.2) is 19.1 Å². The number of carbonyl (C=O) groups is 1. The van der Waals surface area contributed by atoms with Crippen LogP contribution < -0.4 is 0 Å². The molecule has 0 aromatic carbocycles. The number of hydrogen-bond acceptors (Lipinski definition) is 2. The van der Waals surface area contributed by atoms with E-state index < -0.39 is 0 Å². The van der Waals surface area contributed by atoms with Gasteiger partial charge in [0.2, 0.25) is 6.54 Å². The van der Waals surface area contributed by atoms with Gasteiger partial charge in [0, 0.05) is 6.92 Å². The Morgan fingerprint density at radius 3 is 2.88 bits per heavy atom. The molecule has 0 saturated heterocycles. The maximum atomic E-state index is 9.99. The van der Waals surface area contributed by atoms with E-state index in [2.05, 4.69) is 9.58 Å². The molecule has 0 aromatic rings. The van der Waals surface area contributed by atoms with Crippen molar-refractivity contribution in [2.75, 3.05) is 13.2 Å². The Morgan fingerprint density at radius 2 is 2.50 bits per heavy atom. The van der Waals surface area contributed by atoms with Crippen molar-refractivity contribution in [3.63, 3.8) is 0 Å². The highest BCUT2D eigenvalue weighted by atomic mass is 16.5. The molecule has 0 saturated carbocycles. The molecule has 3 nitrogen and oxygen atoms in total. The lowest BCUT2D eigenvalue weighted by Crippen LogP contribution is -2.01. The molecule has 0 amide bonds. The molecule has 0 bridgehead atoms. The smallest absolute Gasteiger partial charge is 0.302 e. The van der Waals surface area contributed by atoms with Crippen LogP contribution in [0, 0.1) is 6.57 Å². The van der Waals surface area contributed by atoms with Crippen LogP contribution in [0.2, 0.25) is 0 Å². The van der Waals surface area contributed by atoms with Crippen molar-refractivity contribution in [2.45, 2.75) is 6.92 Å². The summed E-state index contributed by atoms with van der Waals surface area (Å²) < 4.78 is 4.43. The van der Waals surface area contributed by atoms with Gasteiger partial charge < -0.3 is 9.58 Å². The third-order valence-electron chi connectivity index (χ3n) is 0.508. The number of rotatable bonds is 2. The molecule has 0 heterocycles. The highest BCUT2D eigenvalue weighted by molar-refractivity contribution is 5.65. The van der Waals surface area contributed by atoms with Crippen molar-refractivity contribution < 1.29 is 9.53 Å². The normalized spacial score (nSPS) is 7.50. The molecule has 44 valence electrons. The lowest BCUT2D eigenvalue weighted by molar-refractivity contribution is -0.140. The third kappa shape index (κ3) is 4.96. The largest absolute Gasteiger partial charge is 0.458 e. The summed E-state index contributed by atoms with van der Waals surface area (Å²) in [5, 5.41) is 0. The molecule has 0 radical (unpaired) electrons. The summed E-state index contributed by atoms with van der Waals surface area (Å²) in [4.78, 5) is 13.0. The molecule has 8 heavy (non-hydrogen) atoms. The lowest BCUT2D eigenvalue weighted by Gasteiger charge is -1.90. The van der Waals surface area contributed by atoms with Crippen molar-refractivity contribution in [3.8, 4) is 0 Å². The quantitative estimate of drug-likeness (QED) is 0.296. The second-order valence-electron chi connectivity index (χ2n) is 1.22. The predicted molar refractivity (Wildman–Crippen MR) is 28.1 cm³/mol. The van der Waals surface area contributed by atoms with E-state index in [0.717, 1.165) is 0 Å². The van der Waals surface area contributed by atoms with Crippen molar-refractivity contribution in [1.82, 2.24) is 0 Å². The molecule has 0 fully saturated rings. The van der Waals surface area contributed by atoms with Gasteiger partial charge in [-0.15, -0.1) is 0 Å². The highest BCUT2D eigenvalue weighted by Crippen LogP contribution is 1.75. The number of carbonyl (C=O) groups excluding carboxylic acids is 1. The lowest BCUT2D eigenvalue weighted by atomic mass is 10.7. The van der Waals surface area contributed by atoms with E-state index in [1.807, 2.05) is 0 Å². The van der Waals surface area contributed by atoms with Crippen LogP contribution in [0.5, 0.6) is 0 Å². The fourth-order valence-electron chi connectivity index (χ4n) is 0.235. The van der Waals surface area contributed by atoms with Gasteiger partial charge in [-0.1, -0.05) is 0 Å². The minimum Gasteiger partial charge on any atom is -0.458 e. The minimum absolute atomic E-state index is 0.221. The van der Waals surface area contributed by atoms with E-state index >= 15 is 0 Å². The molecule has 0 aliphatic carbocycles. The molecule has 0 aliphatic rings. The van der Waals surface area contributed by atoms with Gasteiger partial charge in [-0.3, -0.25) is 4.79 Å². The minimum atomic E-state index is -0.325. The van der Waals surface area contributed by atoms with Crippen molar-refractivity contribution >= 4 is 5.97 Å². The van der Waals surface area contributed by atoms with Gasteiger partial charge in [-0.25, -0.2) is 6.57 Å². The third-order valence-corrected chi connectivity index (χ3v) is 0.508. The maximum absolute atomic E-state index is 9.99. The van der Waals surface area contributed by atoms with Gasteiger partial charge in [0.15, 0.2) is 6.61 Å². The predicted octanol–water partition coefficient (Wildman–Crippen LogP) is 0.469. The van der Waals surface area contributed by atoms with Crippen LogP contribution in [0.3, 0.4) is 0 Å². The summed E-state index contributed by atoms with van der Waals surface area (Å²) in [6.45, 7) is 8.09. The molecule has 0 unspecified atom stereocenters. The van der Waals surface area contributed by atoms with Gasteiger partial charge in [0.1, 0.15) is 0 Å². The standard InChI is InChI=1S/C5H7NO2/c1-5(7)8-4-3-6-2/h3-4H2,1H3. The monoisotopic (exact) mass is 113 g/mol. The summed E-state index contributed by atoms with van der Waals surface area (Å²) in [6, 6.07) is 0. The summed E-state index contributed by atoms with van der Waals surface area (Å²) in [5.74, 6) is -0.325. The second-order valence-corrected chi connectivity index (χ2v) is 1.22. The zero-order valence-corrected chi connectivity index (χ0v) is 4.68. The summed E-state index contributed by atoms with van der Waals surface area (Å²) in [6.07, 6.45) is 0. The molecule has 3 heteroatoms. The van der Waals surface area contributed by atoms with Crippen molar-refractivity contribution in [2.24, 2.45) is 0 Å². The number of nitrogens with zero attached hydrogens (tertiary/aromatic N) is 1. The fourth-order valence-corrected chi connectivity index (χ4v) is 0.235. The maximum Gasteiger partial charge on any atom is 0.302 e. The van der Waals surface area contributed by atoms with Crippen LogP contribution in [0.25, 0.3) is 4.85 Å². The van der Waals surface area contributed by atoms with E-state index in [4.69, 9.17) is 6.57 Å². The van der Waals surface area contributed by atoms with E-state index in [1.54, 1.807) is 0 Å². The van der Waals surface area contributed by atoms with Crippen LogP contribution in [0.1, 0.15) is 6.92 Å². The molecule has 0 aliphatic heterocycles. The van der Waals surface area contributed by atoms with E-state index in [0.29, 0.717) is 0 Å². The Hall–Kier alpha value is -1.04. The van der Waals surface area contributed by atoms with E-state index in [-0.39, 0.29) is 19.1 Å². The molecule has 0 spiro atoms. The van der Waals surface area contributed by atoms with Gasteiger partial charge in [-0.05, 0) is 0 Å². The second kappa shape index (κ2) is 4.13. The summed E-state index contributed by atoms with van der Waals surface area (Å²) in [5.41, 5.74) is 0. The Morgan fingerprint density at radius 1 is 1.88 bits per heavy atom. The SMILES string of the molecule is [C-]#[N+]CCOC(C)=O. The Labute approximate surface area is 48.1 Å². The van der Waals surface area contributed by atoms with Gasteiger partial charge >= 0.3 is 5.97 Å². The highest BCUT2D eigenvalue weighted by Gasteiger charge is 1.90. The zero-order valence-electron chi connectivity index (χ0n) is 4.68. The molecular formula is C5H7NO2. The number of esters is 1. The zero-order chi connectivity index (χ0) is 6.41. The van der Waals surface area contributed by atoms with Crippen LogP contribution >= 0.6 is 0 Å². The number of hydrogen-bond donors (Lipinski definition) is 0. The van der Waals surface area contributed by atoms with Crippen LogP contribution in [0.15, 0.2) is 0 Å². The van der Waals surface area contributed by atoms with Gasteiger partial charge in [-0.2, -0.15) is 0 Å².